The van der Waals surface area contributed by atoms with Crippen LogP contribution in [0.15, 0.2) is 4.99 Å². The first-order valence-corrected chi connectivity index (χ1v) is 10.6. The zero-order chi connectivity index (χ0) is 17.5. The zero-order valence-electron chi connectivity index (χ0n) is 15.3. The molecule has 1 saturated carbocycles. The van der Waals surface area contributed by atoms with Gasteiger partial charge in [-0.15, -0.1) is 24.0 Å². The Morgan fingerprint density at radius 3 is 2.62 bits per heavy atom. The Morgan fingerprint density at radius 2 is 2.08 bits per heavy atom. The second kappa shape index (κ2) is 10.8. The molecule has 0 aromatic rings. The van der Waals surface area contributed by atoms with Crippen LogP contribution in [-0.2, 0) is 9.84 Å². The van der Waals surface area contributed by atoms with Gasteiger partial charge in [-0.25, -0.2) is 8.42 Å². The molecule has 1 aliphatic carbocycles. The Balaban J connectivity index is 0.00000529. The monoisotopic (exact) mass is 475 g/mol. The molecule has 24 heavy (non-hydrogen) atoms. The van der Waals surface area contributed by atoms with Crippen molar-refractivity contribution >= 4 is 39.8 Å². The number of nitrogens with zero attached hydrogens (tertiary/aromatic N) is 1. The Bertz CT molecular complexity index is 499. The van der Waals surface area contributed by atoms with E-state index in [-0.39, 0.29) is 47.3 Å². The molecule has 3 N–H and O–H groups in total. The fraction of sp³-hybridized carbons (Fsp3) is 0.938. The van der Waals surface area contributed by atoms with Crippen LogP contribution in [0, 0.1) is 5.41 Å². The second-order valence-electron chi connectivity index (χ2n) is 7.07. The maximum atomic E-state index is 11.3. The van der Waals surface area contributed by atoms with Crippen molar-refractivity contribution in [3.05, 3.63) is 0 Å². The second-order valence-corrected chi connectivity index (χ2v) is 9.33. The molecule has 0 aromatic heterocycles. The highest BCUT2D eigenvalue weighted by atomic mass is 127. The number of rotatable bonds is 7. The van der Waals surface area contributed by atoms with Crippen LogP contribution < -0.4 is 10.6 Å². The molecule has 1 rings (SSSR count). The molecule has 0 radical (unpaired) electrons. The third-order valence-corrected chi connectivity index (χ3v) is 5.50. The third-order valence-electron chi connectivity index (χ3n) is 4.53. The molecule has 6 nitrogen and oxygen atoms in total. The lowest BCUT2D eigenvalue weighted by Crippen LogP contribution is -2.44. The van der Waals surface area contributed by atoms with E-state index in [1.807, 2.05) is 13.8 Å². The summed E-state index contributed by atoms with van der Waals surface area (Å²) < 4.78 is 22.5. The first-order chi connectivity index (χ1) is 10.7. The maximum Gasteiger partial charge on any atom is 0.191 e. The lowest BCUT2D eigenvalue weighted by Gasteiger charge is -2.37. The molecule has 144 valence electrons. The van der Waals surface area contributed by atoms with E-state index >= 15 is 0 Å². The zero-order valence-corrected chi connectivity index (χ0v) is 18.5. The molecule has 0 spiro atoms. The van der Waals surface area contributed by atoms with Crippen LogP contribution in [0.1, 0.15) is 52.9 Å². The van der Waals surface area contributed by atoms with Crippen LogP contribution in [-0.4, -0.2) is 56.7 Å². The summed E-state index contributed by atoms with van der Waals surface area (Å²) in [6.45, 7) is 7.36. The van der Waals surface area contributed by atoms with Gasteiger partial charge in [0.25, 0.3) is 0 Å². The molecule has 3 unspecified atom stereocenters. The van der Waals surface area contributed by atoms with Crippen molar-refractivity contribution in [2.45, 2.75) is 65.0 Å². The topological polar surface area (TPSA) is 90.8 Å². The van der Waals surface area contributed by atoms with E-state index in [1.165, 1.54) is 6.26 Å². The highest BCUT2D eigenvalue weighted by molar-refractivity contribution is 14.0. The van der Waals surface area contributed by atoms with Gasteiger partial charge in [-0.1, -0.05) is 19.8 Å². The van der Waals surface area contributed by atoms with Crippen molar-refractivity contribution in [3.8, 4) is 0 Å². The Hall–Kier alpha value is -0.0900. The number of aliphatic hydroxyl groups excluding tert-OH is 1. The third kappa shape index (κ3) is 8.84. The van der Waals surface area contributed by atoms with Crippen molar-refractivity contribution in [2.24, 2.45) is 10.4 Å². The number of halogens is 1. The molecule has 1 fully saturated rings. The molecule has 3 atom stereocenters. The van der Waals surface area contributed by atoms with Gasteiger partial charge in [0.2, 0.25) is 0 Å². The number of sulfone groups is 1. The average Bonchev–Trinajstić information content (AvgIpc) is 2.46. The molecule has 0 aromatic carbocycles. The van der Waals surface area contributed by atoms with Gasteiger partial charge in [0.05, 0.1) is 18.4 Å². The summed E-state index contributed by atoms with van der Waals surface area (Å²) in [4.78, 5) is 4.63. The van der Waals surface area contributed by atoms with Crippen LogP contribution in [0.4, 0.5) is 0 Å². The molecule has 1 aliphatic rings. The fourth-order valence-electron chi connectivity index (χ4n) is 2.84. The summed E-state index contributed by atoms with van der Waals surface area (Å²) in [7, 11) is -2.95. The summed E-state index contributed by atoms with van der Waals surface area (Å²) in [6.07, 6.45) is 5.55. The summed E-state index contributed by atoms with van der Waals surface area (Å²) in [5.74, 6) is 0.851. The van der Waals surface area contributed by atoms with Gasteiger partial charge in [-0.2, -0.15) is 0 Å². The van der Waals surface area contributed by atoms with Crippen LogP contribution in [0.3, 0.4) is 0 Å². The van der Waals surface area contributed by atoms with E-state index < -0.39 is 9.84 Å². The van der Waals surface area contributed by atoms with Crippen LogP contribution in [0.25, 0.3) is 0 Å². The van der Waals surface area contributed by atoms with Gasteiger partial charge >= 0.3 is 0 Å². The molecular weight excluding hydrogens is 441 g/mol. The molecule has 0 saturated heterocycles. The van der Waals surface area contributed by atoms with Crippen LogP contribution in [0.5, 0.6) is 0 Å². The summed E-state index contributed by atoms with van der Waals surface area (Å²) >= 11 is 0. The van der Waals surface area contributed by atoms with Crippen molar-refractivity contribution < 1.29 is 13.5 Å². The maximum absolute atomic E-state index is 11.3. The highest BCUT2D eigenvalue weighted by Crippen LogP contribution is 2.36. The molecular formula is C16H34IN3O3S. The van der Waals surface area contributed by atoms with E-state index in [1.54, 1.807) is 0 Å². The minimum absolute atomic E-state index is 0. The number of hydrogen-bond acceptors (Lipinski definition) is 4. The number of hydrogen-bond donors (Lipinski definition) is 3. The summed E-state index contributed by atoms with van der Waals surface area (Å²) in [6, 6.07) is 0.0200. The van der Waals surface area contributed by atoms with Crippen molar-refractivity contribution in [3.63, 3.8) is 0 Å². The number of aliphatic imine (C=N–C) groups is 1. The molecule has 8 heteroatoms. The lowest BCUT2D eigenvalue weighted by atomic mass is 9.73. The standard InChI is InChI=1S/C16H33N3O3S.HI/c1-5-17-15(19-13(2)9-11-23(4,21)22)18-12-16(3)10-7-6-8-14(16)20;/h13-14,20H,5-12H2,1-4H3,(H2,17,18,19);1H. The first-order valence-electron chi connectivity index (χ1n) is 8.57. The van der Waals surface area contributed by atoms with Crippen molar-refractivity contribution in [1.82, 2.24) is 10.6 Å². The van der Waals surface area contributed by atoms with Gasteiger partial charge < -0.3 is 15.7 Å². The first kappa shape index (κ1) is 23.9. The van der Waals surface area contributed by atoms with Gasteiger partial charge in [0, 0.05) is 24.3 Å². The average molecular weight is 475 g/mol. The Morgan fingerprint density at radius 1 is 1.42 bits per heavy atom. The quantitative estimate of drug-likeness (QED) is 0.298. The van der Waals surface area contributed by atoms with Crippen LogP contribution in [0.2, 0.25) is 0 Å². The van der Waals surface area contributed by atoms with E-state index in [4.69, 9.17) is 0 Å². The minimum atomic E-state index is -2.95. The van der Waals surface area contributed by atoms with Gasteiger partial charge in [-0.05, 0) is 33.1 Å². The number of aliphatic hydroxyl groups is 1. The van der Waals surface area contributed by atoms with Gasteiger partial charge in [0.15, 0.2) is 5.96 Å². The minimum Gasteiger partial charge on any atom is -0.392 e. The Labute approximate surface area is 164 Å². The van der Waals surface area contributed by atoms with Crippen molar-refractivity contribution in [1.29, 1.82) is 0 Å². The molecule has 0 bridgehead atoms. The predicted octanol–water partition coefficient (Wildman–Crippen LogP) is 1.92. The summed E-state index contributed by atoms with van der Waals surface area (Å²) in [5, 5.41) is 16.7. The largest absolute Gasteiger partial charge is 0.392 e. The van der Waals surface area contributed by atoms with Gasteiger partial charge in [-0.3, -0.25) is 4.99 Å². The van der Waals surface area contributed by atoms with E-state index in [0.717, 1.165) is 32.2 Å². The van der Waals surface area contributed by atoms with Crippen LogP contribution >= 0.6 is 24.0 Å². The SMILES string of the molecule is CCNC(=NCC1(C)CCCCC1O)NC(C)CCS(C)(=O)=O.I. The van der Waals surface area contributed by atoms with E-state index in [9.17, 15) is 13.5 Å². The fourth-order valence-corrected chi connectivity index (χ4v) is 3.62. The molecule has 0 amide bonds. The smallest absolute Gasteiger partial charge is 0.191 e. The van der Waals surface area contributed by atoms with E-state index in [0.29, 0.717) is 18.9 Å². The number of guanidine groups is 1. The Kier molecular flexibility index (Phi) is 10.8. The highest BCUT2D eigenvalue weighted by Gasteiger charge is 2.35. The molecule has 0 heterocycles. The van der Waals surface area contributed by atoms with Crippen molar-refractivity contribution in [2.75, 3.05) is 25.1 Å². The summed E-state index contributed by atoms with van der Waals surface area (Å²) in [5.41, 5.74) is -0.170. The van der Waals surface area contributed by atoms with Gasteiger partial charge in [0.1, 0.15) is 9.84 Å². The predicted molar refractivity (Wildman–Crippen MR) is 111 cm³/mol. The lowest BCUT2D eigenvalue weighted by molar-refractivity contribution is 0.00716. The van der Waals surface area contributed by atoms with E-state index in [2.05, 4.69) is 22.5 Å². The number of nitrogens with one attached hydrogen (secondary N) is 2. The normalized spacial score (nSPS) is 26.4. The molecule has 0 aliphatic heterocycles.